The van der Waals surface area contributed by atoms with E-state index >= 15 is 0 Å². The monoisotopic (exact) mass is 370 g/mol. The number of nitrogens with one attached hydrogen (secondary N) is 1. The topological polar surface area (TPSA) is 60.5 Å². The number of carbonyl (C=O) groups excluding carboxylic acids is 1. The van der Waals surface area contributed by atoms with Crippen molar-refractivity contribution in [2.75, 3.05) is 13.7 Å². The van der Waals surface area contributed by atoms with Crippen LogP contribution in [0.1, 0.15) is 29.1 Å². The number of hydrogen-bond acceptors (Lipinski definition) is 5. The lowest BCUT2D eigenvalue weighted by atomic mass is 10.0. The minimum atomic E-state index is -0.165. The van der Waals surface area contributed by atoms with Gasteiger partial charge in [0.15, 0.2) is 0 Å². The summed E-state index contributed by atoms with van der Waals surface area (Å²) in [6.45, 7) is 4.27. The summed E-state index contributed by atoms with van der Waals surface area (Å²) in [4.78, 5) is 16.7. The van der Waals surface area contributed by atoms with Gasteiger partial charge < -0.3 is 14.8 Å². The zero-order chi connectivity index (χ0) is 18.5. The highest BCUT2D eigenvalue weighted by Crippen LogP contribution is 2.26. The minimum absolute atomic E-state index is 0.00556. The third kappa shape index (κ3) is 4.39. The van der Waals surface area contributed by atoms with Crippen molar-refractivity contribution in [3.05, 3.63) is 58.6 Å². The molecule has 6 heteroatoms. The first-order chi connectivity index (χ1) is 12.6. The molecule has 1 heterocycles. The molecule has 0 saturated heterocycles. The second-order valence-electron chi connectivity index (χ2n) is 6.10. The van der Waals surface area contributed by atoms with Crippen LogP contribution in [0.2, 0.25) is 0 Å². The smallest absolute Gasteiger partial charge is 0.246 e. The molecule has 2 aromatic carbocycles. The van der Waals surface area contributed by atoms with Crippen LogP contribution in [0.4, 0.5) is 0 Å². The van der Waals surface area contributed by atoms with E-state index in [1.54, 1.807) is 18.4 Å². The Morgan fingerprint density at radius 2 is 2.08 bits per heavy atom. The van der Waals surface area contributed by atoms with E-state index in [2.05, 4.69) is 10.3 Å². The SMILES string of the molecule is COc1ccc(C)cc1[C@H](C)NC(=O)COCc1nc2ccccc2s1. The van der Waals surface area contributed by atoms with E-state index in [4.69, 9.17) is 9.47 Å². The number of amides is 1. The largest absolute Gasteiger partial charge is 0.496 e. The summed E-state index contributed by atoms with van der Waals surface area (Å²) in [5.74, 6) is 0.598. The van der Waals surface area contributed by atoms with E-state index in [0.29, 0.717) is 6.61 Å². The van der Waals surface area contributed by atoms with Crippen molar-refractivity contribution in [3.8, 4) is 5.75 Å². The summed E-state index contributed by atoms with van der Waals surface area (Å²) in [6, 6.07) is 13.7. The first kappa shape index (κ1) is 18.4. The van der Waals surface area contributed by atoms with Crippen molar-refractivity contribution >= 4 is 27.5 Å². The van der Waals surface area contributed by atoms with Gasteiger partial charge in [-0.3, -0.25) is 4.79 Å². The Morgan fingerprint density at radius 1 is 1.27 bits per heavy atom. The van der Waals surface area contributed by atoms with Crippen molar-refractivity contribution in [2.24, 2.45) is 0 Å². The van der Waals surface area contributed by atoms with Crippen LogP contribution in [0.25, 0.3) is 10.2 Å². The average molecular weight is 370 g/mol. The number of methoxy groups -OCH3 is 1. The number of fused-ring (bicyclic) bond motifs is 1. The number of nitrogens with zero attached hydrogens (tertiary/aromatic N) is 1. The number of aryl methyl sites for hydroxylation is 1. The Hall–Kier alpha value is -2.44. The second-order valence-corrected chi connectivity index (χ2v) is 7.22. The van der Waals surface area contributed by atoms with Gasteiger partial charge in [-0.05, 0) is 32.0 Å². The first-order valence-corrected chi connectivity index (χ1v) is 9.24. The predicted molar refractivity (Wildman–Crippen MR) is 104 cm³/mol. The van der Waals surface area contributed by atoms with Gasteiger partial charge in [-0.25, -0.2) is 4.98 Å². The fourth-order valence-electron chi connectivity index (χ4n) is 2.77. The minimum Gasteiger partial charge on any atom is -0.496 e. The maximum absolute atomic E-state index is 12.2. The van der Waals surface area contributed by atoms with Crippen molar-refractivity contribution in [2.45, 2.75) is 26.5 Å². The molecule has 1 aromatic heterocycles. The molecule has 0 radical (unpaired) electrons. The Bertz CT molecular complexity index is 874. The molecule has 1 atom stereocenters. The Kier molecular flexibility index (Phi) is 5.85. The maximum Gasteiger partial charge on any atom is 0.246 e. The highest BCUT2D eigenvalue weighted by atomic mass is 32.1. The third-order valence-electron chi connectivity index (χ3n) is 4.03. The van der Waals surface area contributed by atoms with E-state index in [1.807, 2.05) is 56.3 Å². The number of hydrogen-bond donors (Lipinski definition) is 1. The van der Waals surface area contributed by atoms with Crippen LogP contribution in [0, 0.1) is 6.92 Å². The van der Waals surface area contributed by atoms with Gasteiger partial charge in [-0.1, -0.05) is 29.8 Å². The Morgan fingerprint density at radius 3 is 2.85 bits per heavy atom. The zero-order valence-electron chi connectivity index (χ0n) is 15.1. The predicted octanol–water partition coefficient (Wildman–Crippen LogP) is 4.01. The number of ether oxygens (including phenoxy) is 2. The Labute approximate surface area is 157 Å². The molecule has 5 nitrogen and oxygen atoms in total. The standard InChI is InChI=1S/C20H22N2O3S/c1-13-8-9-17(24-3)15(10-13)14(2)21-19(23)11-25-12-20-22-16-6-4-5-7-18(16)26-20/h4-10,14H,11-12H2,1-3H3,(H,21,23)/t14-/m0/s1. The highest BCUT2D eigenvalue weighted by molar-refractivity contribution is 7.18. The summed E-state index contributed by atoms with van der Waals surface area (Å²) in [7, 11) is 1.63. The van der Waals surface area contributed by atoms with Gasteiger partial charge in [0.2, 0.25) is 5.91 Å². The number of aromatic nitrogens is 1. The van der Waals surface area contributed by atoms with E-state index in [1.165, 1.54) is 0 Å². The summed E-state index contributed by atoms with van der Waals surface area (Å²) in [6.07, 6.45) is 0. The van der Waals surface area contributed by atoms with Crippen molar-refractivity contribution in [1.29, 1.82) is 0 Å². The number of rotatable bonds is 7. The molecule has 0 saturated carbocycles. The molecule has 3 aromatic rings. The van der Waals surface area contributed by atoms with Crippen LogP contribution < -0.4 is 10.1 Å². The van der Waals surface area contributed by atoms with Gasteiger partial charge >= 0.3 is 0 Å². The lowest BCUT2D eigenvalue weighted by Crippen LogP contribution is -2.30. The van der Waals surface area contributed by atoms with E-state index in [0.717, 1.165) is 32.1 Å². The van der Waals surface area contributed by atoms with Gasteiger partial charge in [-0.15, -0.1) is 11.3 Å². The molecule has 136 valence electrons. The van der Waals surface area contributed by atoms with Crippen LogP contribution in [-0.2, 0) is 16.1 Å². The molecule has 3 rings (SSSR count). The first-order valence-electron chi connectivity index (χ1n) is 8.43. The van der Waals surface area contributed by atoms with Gasteiger partial charge in [0, 0.05) is 5.56 Å². The zero-order valence-corrected chi connectivity index (χ0v) is 15.9. The van der Waals surface area contributed by atoms with Crippen LogP contribution >= 0.6 is 11.3 Å². The molecular weight excluding hydrogens is 348 g/mol. The third-order valence-corrected chi connectivity index (χ3v) is 5.04. The molecule has 0 aliphatic rings. The van der Waals surface area contributed by atoms with Gasteiger partial charge in [0.25, 0.3) is 0 Å². The molecule has 0 bridgehead atoms. The summed E-state index contributed by atoms with van der Waals surface area (Å²) in [5.41, 5.74) is 3.03. The van der Waals surface area contributed by atoms with Crippen LogP contribution in [-0.4, -0.2) is 24.6 Å². The fourth-order valence-corrected chi connectivity index (χ4v) is 3.67. The molecule has 0 aliphatic carbocycles. The number of carbonyl (C=O) groups is 1. The average Bonchev–Trinajstić information content (AvgIpc) is 3.04. The summed E-state index contributed by atoms with van der Waals surface area (Å²) < 4.78 is 12.0. The molecular formula is C20H22N2O3S. The molecule has 0 fully saturated rings. The van der Waals surface area contributed by atoms with Crippen molar-refractivity contribution in [1.82, 2.24) is 10.3 Å². The molecule has 1 amide bonds. The summed E-state index contributed by atoms with van der Waals surface area (Å²) >= 11 is 1.58. The van der Waals surface area contributed by atoms with Gasteiger partial charge in [-0.2, -0.15) is 0 Å². The van der Waals surface area contributed by atoms with Crippen molar-refractivity contribution < 1.29 is 14.3 Å². The maximum atomic E-state index is 12.2. The molecule has 0 aliphatic heterocycles. The normalized spacial score (nSPS) is 12.1. The lowest BCUT2D eigenvalue weighted by Gasteiger charge is -2.18. The van der Waals surface area contributed by atoms with E-state index in [-0.39, 0.29) is 18.6 Å². The van der Waals surface area contributed by atoms with Gasteiger partial charge in [0.05, 0.1) is 30.0 Å². The quantitative estimate of drug-likeness (QED) is 0.683. The van der Waals surface area contributed by atoms with E-state index in [9.17, 15) is 4.79 Å². The van der Waals surface area contributed by atoms with Crippen LogP contribution in [0.5, 0.6) is 5.75 Å². The molecule has 26 heavy (non-hydrogen) atoms. The number of thiazole rings is 1. The molecule has 0 spiro atoms. The lowest BCUT2D eigenvalue weighted by molar-refractivity contribution is -0.126. The summed E-state index contributed by atoms with van der Waals surface area (Å²) in [5, 5.41) is 3.82. The van der Waals surface area contributed by atoms with E-state index < -0.39 is 0 Å². The molecule has 0 unspecified atom stereocenters. The number of benzene rings is 2. The Balaban J connectivity index is 1.53. The number of para-hydroxylation sites is 1. The van der Waals surface area contributed by atoms with Crippen LogP contribution in [0.3, 0.4) is 0 Å². The van der Waals surface area contributed by atoms with Crippen LogP contribution in [0.15, 0.2) is 42.5 Å². The van der Waals surface area contributed by atoms with Crippen molar-refractivity contribution in [3.63, 3.8) is 0 Å². The van der Waals surface area contributed by atoms with Gasteiger partial charge in [0.1, 0.15) is 17.4 Å². The molecule has 1 N–H and O–H groups in total. The highest BCUT2D eigenvalue weighted by Gasteiger charge is 2.14. The fraction of sp³-hybridized carbons (Fsp3) is 0.300. The second kappa shape index (κ2) is 8.29.